The first-order valence-corrected chi connectivity index (χ1v) is 9.92. The van der Waals surface area contributed by atoms with Crippen molar-refractivity contribution in [3.05, 3.63) is 0 Å². The van der Waals surface area contributed by atoms with Crippen LogP contribution in [0.5, 0.6) is 0 Å². The van der Waals surface area contributed by atoms with E-state index in [1.165, 1.54) is 0 Å². The molecular formula is C8H15Cl3O2Si. The van der Waals surface area contributed by atoms with Gasteiger partial charge in [-0.3, -0.25) is 4.79 Å². The zero-order valence-corrected chi connectivity index (χ0v) is 11.2. The Morgan fingerprint density at radius 3 is 2.14 bits per heavy atom. The third-order valence-electron chi connectivity index (χ3n) is 1.79. The zero-order valence-electron chi connectivity index (χ0n) is 7.98. The summed E-state index contributed by atoms with van der Waals surface area (Å²) in [4.78, 5) is 9.79. The Bertz CT molecular complexity index is 150. The molecule has 0 radical (unpaired) electrons. The predicted molar refractivity (Wildman–Crippen MR) is 63.2 cm³/mol. The van der Waals surface area contributed by atoms with Crippen LogP contribution < -0.4 is 0 Å². The van der Waals surface area contributed by atoms with Crippen LogP contribution in [0.1, 0.15) is 32.1 Å². The minimum absolute atomic E-state index is 0.481. The fraction of sp³-hybridized carbons (Fsp3) is 0.875. The molecule has 6 heteroatoms. The van der Waals surface area contributed by atoms with E-state index in [4.69, 9.17) is 33.2 Å². The van der Waals surface area contributed by atoms with Gasteiger partial charge >= 0.3 is 6.00 Å². The molecule has 0 aromatic carbocycles. The van der Waals surface area contributed by atoms with E-state index >= 15 is 0 Å². The fourth-order valence-electron chi connectivity index (χ4n) is 1.09. The Labute approximate surface area is 100.0 Å². The molecule has 0 N–H and O–H groups in total. The molecule has 0 bridgehead atoms. The van der Waals surface area contributed by atoms with Crippen molar-refractivity contribution in [2.75, 3.05) is 6.61 Å². The maximum atomic E-state index is 9.79. The standard InChI is InChI=1S/C8H15Cl3O2Si/c9-14(10,11)7-5-3-1-2-4-6-13-8-12/h8H,1-7H2. The quantitative estimate of drug-likeness (QED) is 0.278. The van der Waals surface area contributed by atoms with Crippen molar-refractivity contribution < 1.29 is 9.53 Å². The van der Waals surface area contributed by atoms with Crippen molar-refractivity contribution in [3.8, 4) is 0 Å². The van der Waals surface area contributed by atoms with Crippen LogP contribution in [0, 0.1) is 0 Å². The van der Waals surface area contributed by atoms with Gasteiger partial charge in [-0.2, -0.15) is 0 Å². The molecule has 0 atom stereocenters. The summed E-state index contributed by atoms with van der Waals surface area (Å²) >= 11 is 17.2. The number of hydrogen-bond donors (Lipinski definition) is 0. The summed E-state index contributed by atoms with van der Waals surface area (Å²) < 4.78 is 4.56. The normalized spacial score (nSPS) is 11.4. The first kappa shape index (κ1) is 14.6. The Morgan fingerprint density at radius 1 is 1.00 bits per heavy atom. The molecule has 0 spiro atoms. The molecule has 0 aliphatic rings. The van der Waals surface area contributed by atoms with Gasteiger partial charge in [-0.15, -0.1) is 33.2 Å². The molecule has 14 heavy (non-hydrogen) atoms. The van der Waals surface area contributed by atoms with Gasteiger partial charge in [0.2, 0.25) is 0 Å². The highest BCUT2D eigenvalue weighted by Crippen LogP contribution is 2.27. The summed E-state index contributed by atoms with van der Waals surface area (Å²) in [5.41, 5.74) is 0. The van der Waals surface area contributed by atoms with Gasteiger partial charge < -0.3 is 4.74 Å². The van der Waals surface area contributed by atoms with Gasteiger partial charge in [-0.1, -0.05) is 25.7 Å². The van der Waals surface area contributed by atoms with Gasteiger partial charge in [-0.05, 0) is 12.5 Å². The summed E-state index contributed by atoms with van der Waals surface area (Å²) in [7, 11) is 0. The molecule has 0 saturated heterocycles. The van der Waals surface area contributed by atoms with Crippen LogP contribution in [0.2, 0.25) is 6.04 Å². The molecule has 0 heterocycles. The molecule has 2 nitrogen and oxygen atoms in total. The number of ether oxygens (including phenoxy) is 1. The summed E-state index contributed by atoms with van der Waals surface area (Å²) in [6.07, 6.45) is 5.16. The molecule has 0 saturated carbocycles. The highest BCUT2D eigenvalue weighted by atomic mass is 35.8. The number of carbonyl (C=O) groups excluding carboxylic acids is 1. The van der Waals surface area contributed by atoms with Crippen molar-refractivity contribution >= 4 is 45.7 Å². The van der Waals surface area contributed by atoms with Crippen LogP contribution >= 0.6 is 33.2 Å². The lowest BCUT2D eigenvalue weighted by atomic mass is 10.2. The van der Waals surface area contributed by atoms with E-state index in [-0.39, 0.29) is 0 Å². The number of unbranched alkanes of at least 4 members (excludes halogenated alkanes) is 4. The smallest absolute Gasteiger partial charge is 0.341 e. The van der Waals surface area contributed by atoms with E-state index in [9.17, 15) is 4.79 Å². The predicted octanol–water partition coefficient (Wildman–Crippen LogP) is 3.77. The van der Waals surface area contributed by atoms with Crippen LogP contribution in [0.4, 0.5) is 0 Å². The summed E-state index contributed by atoms with van der Waals surface area (Å²) in [5, 5.41) is 0. The van der Waals surface area contributed by atoms with Crippen LogP contribution in [0.3, 0.4) is 0 Å². The maximum absolute atomic E-state index is 9.79. The van der Waals surface area contributed by atoms with E-state index in [0.29, 0.717) is 13.1 Å². The van der Waals surface area contributed by atoms with Crippen molar-refractivity contribution in [1.82, 2.24) is 0 Å². The Hall–Kier alpha value is 0.557. The molecule has 0 aromatic rings. The Kier molecular flexibility index (Phi) is 9.18. The van der Waals surface area contributed by atoms with Gasteiger partial charge in [0.15, 0.2) is 0 Å². The molecule has 0 aliphatic carbocycles. The highest BCUT2D eigenvalue weighted by molar-refractivity contribution is 7.64. The molecule has 0 rings (SSSR count). The second kappa shape index (κ2) is 8.83. The maximum Gasteiger partial charge on any atom is 0.341 e. The van der Waals surface area contributed by atoms with E-state index in [1.807, 2.05) is 0 Å². The summed E-state index contributed by atoms with van der Waals surface area (Å²) in [5.74, 6) is 0. The van der Waals surface area contributed by atoms with Crippen LogP contribution in [-0.4, -0.2) is 19.1 Å². The lowest BCUT2D eigenvalue weighted by Gasteiger charge is -2.06. The fourth-order valence-corrected chi connectivity index (χ4v) is 2.94. The molecule has 0 amide bonds. The van der Waals surface area contributed by atoms with Crippen LogP contribution in [0.25, 0.3) is 0 Å². The molecule has 0 aromatic heterocycles. The van der Waals surface area contributed by atoms with E-state index in [1.54, 1.807) is 0 Å². The van der Waals surface area contributed by atoms with Crippen molar-refractivity contribution in [1.29, 1.82) is 0 Å². The second-order valence-corrected chi connectivity index (χ2v) is 12.4. The van der Waals surface area contributed by atoms with Gasteiger partial charge in [0.1, 0.15) is 0 Å². The van der Waals surface area contributed by atoms with Crippen LogP contribution in [0.15, 0.2) is 0 Å². The first-order valence-electron chi connectivity index (χ1n) is 4.68. The van der Waals surface area contributed by atoms with E-state index in [0.717, 1.165) is 38.1 Å². The van der Waals surface area contributed by atoms with Crippen molar-refractivity contribution in [3.63, 3.8) is 0 Å². The average Bonchev–Trinajstić information content (AvgIpc) is 2.08. The Morgan fingerprint density at radius 2 is 1.57 bits per heavy atom. The SMILES string of the molecule is O=COCCCCCCC[Si](Cl)(Cl)Cl. The Balaban J connectivity index is 3.03. The number of carbonyl (C=O) groups is 1. The monoisotopic (exact) mass is 276 g/mol. The second-order valence-electron chi connectivity index (χ2n) is 3.10. The molecule has 0 fully saturated rings. The third kappa shape index (κ3) is 12.6. The van der Waals surface area contributed by atoms with Crippen molar-refractivity contribution in [2.45, 2.75) is 38.1 Å². The number of hydrogen-bond acceptors (Lipinski definition) is 2. The first-order chi connectivity index (χ1) is 6.56. The lowest BCUT2D eigenvalue weighted by molar-refractivity contribution is -0.128. The number of rotatable bonds is 9. The topological polar surface area (TPSA) is 26.3 Å². The average molecular weight is 278 g/mol. The van der Waals surface area contributed by atoms with Gasteiger partial charge in [0, 0.05) is 0 Å². The minimum atomic E-state index is -2.39. The van der Waals surface area contributed by atoms with Gasteiger partial charge in [0.25, 0.3) is 6.47 Å². The highest BCUT2D eigenvalue weighted by Gasteiger charge is 2.23. The third-order valence-corrected chi connectivity index (χ3v) is 4.41. The van der Waals surface area contributed by atoms with Gasteiger partial charge in [-0.25, -0.2) is 0 Å². The minimum Gasteiger partial charge on any atom is -0.468 e. The van der Waals surface area contributed by atoms with Crippen LogP contribution in [-0.2, 0) is 9.53 Å². The summed E-state index contributed by atoms with van der Waals surface area (Å²) in [6, 6.07) is -1.65. The number of halogens is 3. The van der Waals surface area contributed by atoms with Crippen molar-refractivity contribution in [2.24, 2.45) is 0 Å². The molecule has 84 valence electrons. The van der Waals surface area contributed by atoms with Gasteiger partial charge in [0.05, 0.1) is 6.61 Å². The van der Waals surface area contributed by atoms with E-state index < -0.39 is 6.00 Å². The molecule has 0 aliphatic heterocycles. The largest absolute Gasteiger partial charge is 0.468 e. The van der Waals surface area contributed by atoms with E-state index in [2.05, 4.69) is 4.74 Å². The molecule has 0 unspecified atom stereocenters. The molecular weight excluding hydrogens is 263 g/mol. The summed E-state index contributed by atoms with van der Waals surface area (Å²) in [6.45, 7) is 0.997. The zero-order chi connectivity index (χ0) is 10.9. The lowest BCUT2D eigenvalue weighted by Crippen LogP contribution is -2.07.